The molecule has 0 fully saturated rings. The summed E-state index contributed by atoms with van der Waals surface area (Å²) in [5.41, 5.74) is 3.87. The molecule has 1 amide bonds. The lowest BCUT2D eigenvalue weighted by Crippen LogP contribution is -2.34. The Labute approximate surface area is 165 Å². The summed E-state index contributed by atoms with van der Waals surface area (Å²) in [5, 5.41) is 2.91. The Morgan fingerprint density at radius 2 is 1.79 bits per heavy atom. The summed E-state index contributed by atoms with van der Waals surface area (Å²) in [5.74, 6) is -0.242. The van der Waals surface area contributed by atoms with Crippen LogP contribution in [0, 0.1) is 0 Å². The third-order valence-electron chi connectivity index (χ3n) is 5.64. The van der Waals surface area contributed by atoms with Crippen LogP contribution in [0.3, 0.4) is 0 Å². The lowest BCUT2D eigenvalue weighted by Gasteiger charge is -2.26. The van der Waals surface area contributed by atoms with Gasteiger partial charge in [0.1, 0.15) is 0 Å². The van der Waals surface area contributed by atoms with Crippen LogP contribution in [0.25, 0.3) is 0 Å². The molecule has 28 heavy (non-hydrogen) atoms. The van der Waals surface area contributed by atoms with Crippen LogP contribution in [-0.4, -0.2) is 25.9 Å². The van der Waals surface area contributed by atoms with Crippen molar-refractivity contribution in [2.45, 2.75) is 49.5 Å². The molecule has 0 bridgehead atoms. The van der Waals surface area contributed by atoms with E-state index in [1.165, 1.54) is 11.1 Å². The number of nitrogens with one attached hydrogen (secondary N) is 1. The van der Waals surface area contributed by atoms with Gasteiger partial charge in [-0.15, -0.1) is 0 Å². The Hall–Kier alpha value is -2.47. The fourth-order valence-corrected chi connectivity index (χ4v) is 5.74. The largest absolute Gasteiger partial charge is 0.349 e. The first-order chi connectivity index (χ1) is 13.4. The van der Waals surface area contributed by atoms with Crippen molar-refractivity contribution in [2.24, 2.45) is 0 Å². The van der Waals surface area contributed by atoms with Gasteiger partial charge in [-0.25, -0.2) is 8.42 Å². The van der Waals surface area contributed by atoms with Gasteiger partial charge >= 0.3 is 0 Å². The van der Waals surface area contributed by atoms with E-state index in [0.717, 1.165) is 19.3 Å². The van der Waals surface area contributed by atoms with E-state index in [9.17, 15) is 18.0 Å². The Balaban J connectivity index is 1.38. The highest BCUT2D eigenvalue weighted by atomic mass is 32.2. The first kappa shape index (κ1) is 18.9. The lowest BCUT2D eigenvalue weighted by atomic mass is 10.0. The molecule has 0 saturated heterocycles. The minimum Gasteiger partial charge on any atom is -0.349 e. The zero-order valence-electron chi connectivity index (χ0n) is 15.6. The fraction of sp³-hybridized carbons (Fsp3) is 0.364. The van der Waals surface area contributed by atoms with Crippen molar-refractivity contribution in [2.75, 3.05) is 5.75 Å². The van der Waals surface area contributed by atoms with Crippen LogP contribution in [0.15, 0.2) is 47.4 Å². The summed E-state index contributed by atoms with van der Waals surface area (Å²) in [7, 11) is -3.28. The van der Waals surface area contributed by atoms with Gasteiger partial charge in [-0.05, 0) is 54.5 Å². The van der Waals surface area contributed by atoms with Gasteiger partial charge in [0.2, 0.25) is 5.91 Å². The molecule has 1 aliphatic heterocycles. The Bertz CT molecular complexity index is 1040. The molecule has 2 aromatic rings. The molecular formula is C22H23NO4S. The van der Waals surface area contributed by atoms with Crippen LogP contribution in [0.1, 0.15) is 58.8 Å². The van der Waals surface area contributed by atoms with E-state index in [4.69, 9.17) is 0 Å². The SMILES string of the molecule is O=C(CCC(=O)c1ccc2c(c1)CCC2)N[C@@H]1CCS(=O)(=O)c2ccccc21. The normalized spacial score (nSPS) is 19.5. The van der Waals surface area contributed by atoms with Gasteiger partial charge in [0.25, 0.3) is 0 Å². The van der Waals surface area contributed by atoms with Gasteiger partial charge in [0, 0.05) is 18.4 Å². The van der Waals surface area contributed by atoms with Crippen molar-refractivity contribution in [3.05, 3.63) is 64.7 Å². The van der Waals surface area contributed by atoms with E-state index in [0.29, 0.717) is 22.4 Å². The maximum atomic E-state index is 12.5. The topological polar surface area (TPSA) is 80.3 Å². The van der Waals surface area contributed by atoms with E-state index < -0.39 is 9.84 Å². The average molecular weight is 397 g/mol. The van der Waals surface area contributed by atoms with Gasteiger partial charge in [0.05, 0.1) is 16.7 Å². The minimum absolute atomic E-state index is 0.0169. The molecule has 0 spiro atoms. The van der Waals surface area contributed by atoms with Crippen LogP contribution < -0.4 is 5.32 Å². The Kier molecular flexibility index (Phi) is 5.06. The van der Waals surface area contributed by atoms with Crippen molar-refractivity contribution in [1.29, 1.82) is 0 Å². The maximum absolute atomic E-state index is 12.5. The second-order valence-electron chi connectivity index (χ2n) is 7.53. The molecule has 2 aromatic carbocycles. The summed E-state index contributed by atoms with van der Waals surface area (Å²) in [6, 6.07) is 12.3. The molecule has 5 nitrogen and oxygen atoms in total. The molecule has 1 atom stereocenters. The van der Waals surface area contributed by atoms with Gasteiger partial charge < -0.3 is 5.32 Å². The molecule has 6 heteroatoms. The van der Waals surface area contributed by atoms with Crippen LogP contribution in [0.4, 0.5) is 0 Å². The molecule has 2 aliphatic rings. The van der Waals surface area contributed by atoms with Crippen molar-refractivity contribution >= 4 is 21.5 Å². The van der Waals surface area contributed by atoms with E-state index in [-0.39, 0.29) is 36.3 Å². The summed E-state index contributed by atoms with van der Waals surface area (Å²) in [6.45, 7) is 0. The number of amides is 1. The van der Waals surface area contributed by atoms with Crippen molar-refractivity contribution in [1.82, 2.24) is 5.32 Å². The number of sulfone groups is 1. The first-order valence-corrected chi connectivity index (χ1v) is 11.4. The first-order valence-electron chi connectivity index (χ1n) is 9.70. The molecule has 0 aromatic heterocycles. The lowest BCUT2D eigenvalue weighted by molar-refractivity contribution is -0.121. The number of hydrogen-bond acceptors (Lipinski definition) is 4. The number of aryl methyl sites for hydroxylation is 2. The Morgan fingerprint density at radius 1 is 1.00 bits per heavy atom. The highest BCUT2D eigenvalue weighted by Crippen LogP contribution is 2.32. The zero-order valence-corrected chi connectivity index (χ0v) is 16.4. The number of benzene rings is 2. The number of ketones is 1. The molecule has 146 valence electrons. The second kappa shape index (κ2) is 7.51. The summed E-state index contributed by atoms with van der Waals surface area (Å²) < 4.78 is 24.4. The predicted molar refractivity (Wildman–Crippen MR) is 106 cm³/mol. The molecule has 1 heterocycles. The maximum Gasteiger partial charge on any atom is 0.220 e. The summed E-state index contributed by atoms with van der Waals surface area (Å²) >= 11 is 0. The number of hydrogen-bond donors (Lipinski definition) is 1. The van der Waals surface area contributed by atoms with Crippen LogP contribution in [0.5, 0.6) is 0 Å². The smallest absolute Gasteiger partial charge is 0.220 e. The van der Waals surface area contributed by atoms with Gasteiger partial charge in [-0.1, -0.05) is 30.3 Å². The van der Waals surface area contributed by atoms with Crippen LogP contribution in [-0.2, 0) is 27.5 Å². The number of fused-ring (bicyclic) bond motifs is 2. The van der Waals surface area contributed by atoms with E-state index in [2.05, 4.69) is 5.32 Å². The fourth-order valence-electron chi connectivity index (χ4n) is 4.12. The van der Waals surface area contributed by atoms with Gasteiger partial charge in [-0.3, -0.25) is 9.59 Å². The summed E-state index contributed by atoms with van der Waals surface area (Å²) in [4.78, 5) is 25.2. The standard InChI is InChI=1S/C22H23NO4S/c24-20(17-9-8-15-4-3-5-16(15)14-17)10-11-22(25)23-19-12-13-28(26,27)21-7-2-1-6-18(19)21/h1-2,6-9,14,19H,3-5,10-13H2,(H,23,25)/t19-/m1/s1. The van der Waals surface area contributed by atoms with Crippen molar-refractivity contribution in [3.63, 3.8) is 0 Å². The molecule has 1 N–H and O–H groups in total. The molecule has 0 radical (unpaired) electrons. The molecule has 0 saturated carbocycles. The Morgan fingerprint density at radius 3 is 2.64 bits per heavy atom. The molecule has 1 aliphatic carbocycles. The quantitative estimate of drug-likeness (QED) is 0.786. The third kappa shape index (κ3) is 3.74. The minimum atomic E-state index is -3.28. The number of Topliss-reactive ketones (excluding diaryl/α,β-unsaturated/α-hetero) is 1. The average Bonchev–Trinajstić information content (AvgIpc) is 3.16. The third-order valence-corrected chi connectivity index (χ3v) is 7.45. The molecule has 4 rings (SSSR count). The van der Waals surface area contributed by atoms with E-state index >= 15 is 0 Å². The zero-order chi connectivity index (χ0) is 19.7. The van der Waals surface area contributed by atoms with Gasteiger partial charge in [-0.2, -0.15) is 0 Å². The second-order valence-corrected chi connectivity index (χ2v) is 9.60. The highest BCUT2D eigenvalue weighted by Gasteiger charge is 2.30. The predicted octanol–water partition coefficient (Wildman–Crippen LogP) is 3.17. The van der Waals surface area contributed by atoms with E-state index in [1.54, 1.807) is 24.3 Å². The van der Waals surface area contributed by atoms with Crippen molar-refractivity contribution < 1.29 is 18.0 Å². The molecular weight excluding hydrogens is 374 g/mol. The van der Waals surface area contributed by atoms with Crippen LogP contribution in [0.2, 0.25) is 0 Å². The van der Waals surface area contributed by atoms with Gasteiger partial charge in [0.15, 0.2) is 15.6 Å². The highest BCUT2D eigenvalue weighted by molar-refractivity contribution is 7.91. The van der Waals surface area contributed by atoms with E-state index in [1.807, 2.05) is 18.2 Å². The number of carbonyl (C=O) groups excluding carboxylic acids is 2. The number of carbonyl (C=O) groups is 2. The molecule has 0 unspecified atom stereocenters. The monoisotopic (exact) mass is 397 g/mol. The van der Waals surface area contributed by atoms with Crippen LogP contribution >= 0.6 is 0 Å². The number of rotatable bonds is 5. The summed E-state index contributed by atoms with van der Waals surface area (Å²) in [6.07, 6.45) is 3.82. The van der Waals surface area contributed by atoms with Crippen molar-refractivity contribution in [3.8, 4) is 0 Å².